The second-order valence-corrected chi connectivity index (χ2v) is 9.42. The van der Waals surface area contributed by atoms with Gasteiger partial charge < -0.3 is 19.9 Å². The molecule has 1 aliphatic carbocycles. The Kier molecular flexibility index (Phi) is 5.33. The van der Waals surface area contributed by atoms with Crippen LogP contribution in [0, 0.1) is 24.7 Å². The smallest absolute Gasteiger partial charge is 0.257 e. The minimum absolute atomic E-state index is 0.0259. The summed E-state index contributed by atoms with van der Waals surface area (Å²) in [6.07, 6.45) is 7.40. The Morgan fingerprint density at radius 1 is 1.06 bits per heavy atom. The van der Waals surface area contributed by atoms with Crippen molar-refractivity contribution >= 4 is 11.9 Å². The molecule has 8 nitrogen and oxygen atoms in total. The van der Waals surface area contributed by atoms with Crippen molar-refractivity contribution in [1.29, 1.82) is 0 Å². The molecule has 3 aliphatic rings. The van der Waals surface area contributed by atoms with E-state index in [0.29, 0.717) is 29.3 Å². The summed E-state index contributed by atoms with van der Waals surface area (Å²) in [4.78, 5) is 26.6. The molecule has 2 aliphatic heterocycles. The highest BCUT2D eigenvalue weighted by Gasteiger charge is 2.42. The molecule has 2 saturated heterocycles. The molecule has 0 radical (unpaired) electrons. The van der Waals surface area contributed by atoms with Gasteiger partial charge in [0.25, 0.3) is 5.91 Å². The Morgan fingerprint density at radius 3 is 2.42 bits per heavy atom. The fourth-order valence-electron chi connectivity index (χ4n) is 5.44. The minimum Gasteiger partial charge on any atom is -0.393 e. The predicted molar refractivity (Wildman–Crippen MR) is 119 cm³/mol. The van der Waals surface area contributed by atoms with E-state index in [-0.39, 0.29) is 12.0 Å². The Bertz CT molecular complexity index is 906. The molecule has 0 aromatic carbocycles. The molecule has 0 spiro atoms. The molecule has 166 valence electrons. The number of rotatable bonds is 3. The molecular formula is C23H32N6O2. The Labute approximate surface area is 183 Å². The Balaban J connectivity index is 1.23. The summed E-state index contributed by atoms with van der Waals surface area (Å²) in [5.74, 6) is 1.96. The molecule has 4 atom stereocenters. The number of hydrogen-bond acceptors (Lipinski definition) is 6. The monoisotopic (exact) mass is 424 g/mol. The summed E-state index contributed by atoms with van der Waals surface area (Å²) >= 11 is 0. The quantitative estimate of drug-likeness (QED) is 0.805. The van der Waals surface area contributed by atoms with Crippen LogP contribution in [0.5, 0.6) is 0 Å². The number of aliphatic hydroxyl groups is 1. The van der Waals surface area contributed by atoms with Crippen molar-refractivity contribution in [3.63, 3.8) is 0 Å². The maximum atomic E-state index is 13.2. The molecular weight excluding hydrogens is 392 g/mol. The fourth-order valence-corrected chi connectivity index (χ4v) is 5.44. The zero-order valence-electron chi connectivity index (χ0n) is 18.4. The highest BCUT2D eigenvalue weighted by atomic mass is 16.3. The molecule has 1 N–H and O–H groups in total. The van der Waals surface area contributed by atoms with Gasteiger partial charge >= 0.3 is 0 Å². The molecule has 1 saturated carbocycles. The van der Waals surface area contributed by atoms with Gasteiger partial charge in [0.05, 0.1) is 30.5 Å². The summed E-state index contributed by atoms with van der Waals surface area (Å²) in [6.45, 7) is 9.03. The van der Waals surface area contributed by atoms with Gasteiger partial charge in [0.2, 0.25) is 5.95 Å². The molecule has 31 heavy (non-hydrogen) atoms. The van der Waals surface area contributed by atoms with Crippen molar-refractivity contribution < 1.29 is 9.90 Å². The van der Waals surface area contributed by atoms with Crippen molar-refractivity contribution in [2.24, 2.45) is 17.8 Å². The molecule has 1 amide bonds. The number of fused-ring (bicyclic) bond motifs is 1. The van der Waals surface area contributed by atoms with Crippen molar-refractivity contribution in [2.45, 2.75) is 32.8 Å². The van der Waals surface area contributed by atoms with Crippen LogP contribution in [0.2, 0.25) is 0 Å². The van der Waals surface area contributed by atoms with Crippen molar-refractivity contribution in [2.75, 3.05) is 49.2 Å². The topological polar surface area (TPSA) is 77.7 Å². The number of piperazine rings is 1. The molecule has 3 fully saturated rings. The summed E-state index contributed by atoms with van der Waals surface area (Å²) in [5, 5.41) is 12.5. The van der Waals surface area contributed by atoms with E-state index in [9.17, 15) is 9.90 Å². The predicted octanol–water partition coefficient (Wildman–Crippen LogP) is 1.52. The maximum absolute atomic E-state index is 13.2. The SMILES string of the molecule is Cc1nc(N2CCN(n3cccc3)CC2)ncc1C(=O)N1CC2CC(C)C(O)CC2C1. The van der Waals surface area contributed by atoms with Crippen LogP contribution in [0.3, 0.4) is 0 Å². The number of nitrogens with zero attached hydrogens (tertiary/aromatic N) is 6. The molecule has 5 rings (SSSR count). The van der Waals surface area contributed by atoms with Crippen molar-refractivity contribution in [3.8, 4) is 0 Å². The van der Waals surface area contributed by atoms with Crippen LogP contribution in [0.4, 0.5) is 5.95 Å². The van der Waals surface area contributed by atoms with E-state index in [1.807, 2.05) is 24.0 Å². The fraction of sp³-hybridized carbons (Fsp3) is 0.609. The molecule has 2 aromatic heterocycles. The number of hydrogen-bond donors (Lipinski definition) is 1. The lowest BCUT2D eigenvalue weighted by Gasteiger charge is -2.36. The third kappa shape index (κ3) is 3.89. The number of carbonyl (C=O) groups excluding carboxylic acids is 1. The molecule has 2 aromatic rings. The highest BCUT2D eigenvalue weighted by Crippen LogP contribution is 2.39. The first-order chi connectivity index (χ1) is 15.0. The Morgan fingerprint density at radius 2 is 1.74 bits per heavy atom. The van der Waals surface area contributed by atoms with Gasteiger partial charge in [0.15, 0.2) is 0 Å². The van der Waals surface area contributed by atoms with Gasteiger partial charge in [-0.15, -0.1) is 0 Å². The van der Waals surface area contributed by atoms with E-state index in [4.69, 9.17) is 4.98 Å². The molecule has 4 heterocycles. The van der Waals surface area contributed by atoms with E-state index in [0.717, 1.165) is 57.8 Å². The van der Waals surface area contributed by atoms with Gasteiger partial charge in [-0.1, -0.05) is 6.92 Å². The van der Waals surface area contributed by atoms with E-state index >= 15 is 0 Å². The average molecular weight is 425 g/mol. The number of aromatic nitrogens is 3. The second kappa shape index (κ2) is 8.15. The van der Waals surface area contributed by atoms with Gasteiger partial charge in [-0.05, 0) is 49.7 Å². The van der Waals surface area contributed by atoms with Crippen LogP contribution in [0.15, 0.2) is 30.7 Å². The number of amides is 1. The minimum atomic E-state index is -0.237. The molecule has 0 bridgehead atoms. The summed E-state index contributed by atoms with van der Waals surface area (Å²) in [6, 6.07) is 4.07. The van der Waals surface area contributed by atoms with E-state index in [2.05, 4.69) is 38.9 Å². The normalized spacial score (nSPS) is 28.7. The maximum Gasteiger partial charge on any atom is 0.257 e. The number of aliphatic hydroxyl groups excluding tert-OH is 1. The third-order valence-electron chi connectivity index (χ3n) is 7.39. The van der Waals surface area contributed by atoms with Gasteiger partial charge in [-0.3, -0.25) is 9.47 Å². The lowest BCUT2D eigenvalue weighted by molar-refractivity contribution is 0.0383. The van der Waals surface area contributed by atoms with Crippen LogP contribution in [-0.2, 0) is 0 Å². The Hall–Kier alpha value is -2.61. The molecule has 8 heteroatoms. The van der Waals surface area contributed by atoms with E-state index in [1.165, 1.54) is 0 Å². The zero-order chi connectivity index (χ0) is 21.5. The first kappa shape index (κ1) is 20.3. The second-order valence-electron chi connectivity index (χ2n) is 9.42. The number of aryl methyl sites for hydroxylation is 1. The largest absolute Gasteiger partial charge is 0.393 e. The lowest BCUT2D eigenvalue weighted by atomic mass is 9.75. The van der Waals surface area contributed by atoms with Gasteiger partial charge in [-0.2, -0.15) is 0 Å². The molecule has 4 unspecified atom stereocenters. The van der Waals surface area contributed by atoms with Crippen LogP contribution in [0.1, 0.15) is 35.8 Å². The van der Waals surface area contributed by atoms with E-state index < -0.39 is 0 Å². The third-order valence-corrected chi connectivity index (χ3v) is 7.39. The summed E-state index contributed by atoms with van der Waals surface area (Å²) in [5.41, 5.74) is 1.34. The number of anilines is 1. The number of carbonyl (C=O) groups is 1. The zero-order valence-corrected chi connectivity index (χ0v) is 18.4. The average Bonchev–Trinajstić information content (AvgIpc) is 3.44. The lowest BCUT2D eigenvalue weighted by Crippen LogP contribution is -2.51. The van der Waals surface area contributed by atoms with Crippen LogP contribution in [0.25, 0.3) is 0 Å². The van der Waals surface area contributed by atoms with Crippen LogP contribution < -0.4 is 9.91 Å². The van der Waals surface area contributed by atoms with Crippen LogP contribution >= 0.6 is 0 Å². The van der Waals surface area contributed by atoms with Gasteiger partial charge in [0, 0.05) is 44.8 Å². The standard InChI is InChI=1S/C23H32N6O2/c1-16-11-18-14-27(15-19(18)12-21(16)30)22(31)20-13-24-23(25-17(20)2)26-7-9-29(10-8-26)28-5-3-4-6-28/h3-6,13,16,18-19,21,30H,7-12,14-15H2,1-2H3. The van der Waals surface area contributed by atoms with Crippen molar-refractivity contribution in [3.05, 3.63) is 42.0 Å². The first-order valence-electron chi connectivity index (χ1n) is 11.4. The van der Waals surface area contributed by atoms with Gasteiger partial charge in [0.1, 0.15) is 0 Å². The highest BCUT2D eigenvalue weighted by molar-refractivity contribution is 5.95. The van der Waals surface area contributed by atoms with Gasteiger partial charge in [-0.25, -0.2) is 9.97 Å². The van der Waals surface area contributed by atoms with E-state index in [1.54, 1.807) is 6.20 Å². The number of likely N-dealkylation sites (tertiary alicyclic amines) is 1. The summed E-state index contributed by atoms with van der Waals surface area (Å²) < 4.78 is 2.12. The summed E-state index contributed by atoms with van der Waals surface area (Å²) in [7, 11) is 0. The van der Waals surface area contributed by atoms with Crippen molar-refractivity contribution in [1.82, 2.24) is 19.5 Å². The van der Waals surface area contributed by atoms with Crippen LogP contribution in [-0.4, -0.2) is 75.9 Å². The first-order valence-corrected chi connectivity index (χ1v) is 11.4.